The molecule has 0 saturated carbocycles. The van der Waals surface area contributed by atoms with Gasteiger partial charge in [-0.15, -0.1) is 11.3 Å². The molecule has 39 heavy (non-hydrogen) atoms. The molecule has 1 saturated heterocycles. The molecule has 0 amide bonds. The molecule has 4 rings (SSSR count). The molecule has 0 aliphatic carbocycles. The van der Waals surface area contributed by atoms with Crippen LogP contribution in [0, 0.1) is 5.82 Å². The molecule has 0 atom stereocenters. The summed E-state index contributed by atoms with van der Waals surface area (Å²) in [6.45, 7) is 0.0363. The van der Waals surface area contributed by atoms with E-state index in [9.17, 15) is 22.4 Å². The Hall–Kier alpha value is -3.19. The maximum atomic E-state index is 13.1. The van der Waals surface area contributed by atoms with E-state index in [1.165, 1.54) is 35.7 Å². The smallest absolute Gasteiger partial charge is 0.351 e. The maximum Gasteiger partial charge on any atom is 0.351 e. The number of hydrogen-bond acceptors (Lipinski definition) is 8. The van der Waals surface area contributed by atoms with Crippen LogP contribution in [0.15, 0.2) is 48.5 Å². The third-order valence-corrected chi connectivity index (χ3v) is 9.65. The molecule has 0 radical (unpaired) electrons. The van der Waals surface area contributed by atoms with E-state index < -0.39 is 34.4 Å². The van der Waals surface area contributed by atoms with Crippen LogP contribution in [0.4, 0.5) is 10.1 Å². The molecule has 2 aromatic carbocycles. The number of nitrogens with one attached hydrogen (secondary N) is 1. The second-order valence-corrected chi connectivity index (χ2v) is 12.2. The first-order valence-corrected chi connectivity index (χ1v) is 14.7. The number of sulfonamides is 1. The molecule has 1 aromatic heterocycles. The summed E-state index contributed by atoms with van der Waals surface area (Å²) in [5, 5.41) is 12.5. The Bertz CT molecular complexity index is 1450. The summed E-state index contributed by atoms with van der Waals surface area (Å²) in [6, 6.07) is 12.8. The van der Waals surface area contributed by atoms with E-state index in [-0.39, 0.29) is 27.4 Å². The maximum absolute atomic E-state index is 13.1. The van der Waals surface area contributed by atoms with E-state index in [0.717, 1.165) is 17.0 Å². The fourth-order valence-corrected chi connectivity index (χ4v) is 7.26. The first-order chi connectivity index (χ1) is 18.6. The first-order valence-electron chi connectivity index (χ1n) is 11.9. The minimum Gasteiger partial charge on any atom is -0.479 e. The largest absolute Gasteiger partial charge is 0.479 e. The Labute approximate surface area is 234 Å². The van der Waals surface area contributed by atoms with E-state index in [4.69, 9.17) is 26.2 Å². The number of anilines is 1. The minimum absolute atomic E-state index is 0.0245. The number of methoxy groups -OCH3 is 1. The molecular formula is C26H26ClFN2O7S2. The van der Waals surface area contributed by atoms with Gasteiger partial charge in [0.25, 0.3) is 0 Å². The number of rotatable bonds is 10. The summed E-state index contributed by atoms with van der Waals surface area (Å²) in [5.41, 5.74) is 1.99. The molecule has 2 N–H and O–H groups in total. The van der Waals surface area contributed by atoms with Gasteiger partial charge in [0, 0.05) is 24.8 Å². The summed E-state index contributed by atoms with van der Waals surface area (Å²) in [6.07, 6.45) is 1.18. The lowest BCUT2D eigenvalue weighted by Gasteiger charge is -2.32. The highest BCUT2D eigenvalue weighted by Crippen LogP contribution is 2.46. The molecule has 0 bridgehead atoms. The topological polar surface area (TPSA) is 122 Å². The highest BCUT2D eigenvalue weighted by molar-refractivity contribution is 7.88. The Balaban J connectivity index is 1.43. The summed E-state index contributed by atoms with van der Waals surface area (Å²) in [5.74, 6) is -2.54. The molecule has 1 fully saturated rings. The molecule has 13 heteroatoms. The van der Waals surface area contributed by atoms with Crippen LogP contribution in [0.25, 0.3) is 10.4 Å². The summed E-state index contributed by atoms with van der Waals surface area (Å²) < 4.78 is 50.4. The lowest BCUT2D eigenvalue weighted by Crippen LogP contribution is -2.42. The van der Waals surface area contributed by atoms with Crippen LogP contribution < -0.4 is 10.1 Å². The van der Waals surface area contributed by atoms with Crippen molar-refractivity contribution >= 4 is 50.6 Å². The highest BCUT2D eigenvalue weighted by Gasteiger charge is 2.29. The van der Waals surface area contributed by atoms with Crippen molar-refractivity contribution in [1.29, 1.82) is 0 Å². The van der Waals surface area contributed by atoms with Crippen molar-refractivity contribution in [2.24, 2.45) is 0 Å². The number of piperidine rings is 1. The predicted molar refractivity (Wildman–Crippen MR) is 146 cm³/mol. The quantitative estimate of drug-likeness (QED) is 0.318. The van der Waals surface area contributed by atoms with E-state index in [0.29, 0.717) is 41.9 Å². The highest BCUT2D eigenvalue weighted by atomic mass is 35.5. The van der Waals surface area contributed by atoms with Crippen LogP contribution in [0.5, 0.6) is 5.75 Å². The second kappa shape index (κ2) is 12.3. The number of nitrogens with zero attached hydrogens (tertiary/aromatic N) is 1. The number of carbonyl (C=O) groups is 2. The van der Waals surface area contributed by atoms with Gasteiger partial charge >= 0.3 is 11.9 Å². The van der Waals surface area contributed by atoms with Crippen LogP contribution in [0.1, 0.15) is 28.1 Å². The zero-order valence-corrected chi connectivity index (χ0v) is 23.2. The number of ether oxygens (including phenoxy) is 2. The predicted octanol–water partition coefficient (Wildman–Crippen LogP) is 4.86. The normalized spacial score (nSPS) is 14.6. The fourth-order valence-electron chi connectivity index (χ4n) is 4.22. The summed E-state index contributed by atoms with van der Waals surface area (Å²) >= 11 is 7.54. The number of esters is 1. The molecule has 1 aliphatic heterocycles. The van der Waals surface area contributed by atoms with Crippen molar-refractivity contribution in [3.63, 3.8) is 0 Å². The van der Waals surface area contributed by atoms with Crippen LogP contribution in [-0.4, -0.2) is 62.6 Å². The zero-order chi connectivity index (χ0) is 28.2. The SMILES string of the molecule is COC(=O)c1sc(-c2cccc(NC3CCN(S(=O)(=O)Cc4ccc(F)cc4)CC3)c2)c(Cl)c1OCC(=O)O. The number of carboxylic acids is 1. The Morgan fingerprint density at radius 2 is 1.87 bits per heavy atom. The van der Waals surface area contributed by atoms with E-state index in [2.05, 4.69) is 5.32 Å². The van der Waals surface area contributed by atoms with Gasteiger partial charge in [-0.2, -0.15) is 0 Å². The van der Waals surface area contributed by atoms with Crippen molar-refractivity contribution in [1.82, 2.24) is 4.31 Å². The number of benzene rings is 2. The fraction of sp³-hybridized carbons (Fsp3) is 0.308. The van der Waals surface area contributed by atoms with Crippen molar-refractivity contribution in [3.8, 4) is 16.2 Å². The summed E-state index contributed by atoms with van der Waals surface area (Å²) in [7, 11) is -2.32. The van der Waals surface area contributed by atoms with Gasteiger partial charge < -0.3 is 19.9 Å². The van der Waals surface area contributed by atoms with Gasteiger partial charge in [0.1, 0.15) is 10.8 Å². The lowest BCUT2D eigenvalue weighted by molar-refractivity contribution is -0.139. The Morgan fingerprint density at radius 3 is 2.51 bits per heavy atom. The van der Waals surface area contributed by atoms with Crippen LogP contribution in [0.2, 0.25) is 5.02 Å². The van der Waals surface area contributed by atoms with E-state index in [1.807, 2.05) is 18.2 Å². The van der Waals surface area contributed by atoms with Crippen molar-refractivity contribution in [3.05, 3.63) is 69.8 Å². The minimum atomic E-state index is -3.53. The van der Waals surface area contributed by atoms with Gasteiger partial charge in [-0.05, 0) is 48.2 Å². The molecule has 208 valence electrons. The van der Waals surface area contributed by atoms with Crippen LogP contribution >= 0.6 is 22.9 Å². The number of halogens is 2. The van der Waals surface area contributed by atoms with Crippen LogP contribution in [0.3, 0.4) is 0 Å². The van der Waals surface area contributed by atoms with Gasteiger partial charge in [0.15, 0.2) is 17.2 Å². The Kier molecular flexibility index (Phi) is 9.11. The number of carboxylic acid groups (broad SMARTS) is 1. The van der Waals surface area contributed by atoms with Crippen molar-refractivity contribution in [2.75, 3.05) is 32.1 Å². The number of hydrogen-bond donors (Lipinski definition) is 2. The third-order valence-electron chi connectivity index (χ3n) is 6.13. The molecule has 0 spiro atoms. The van der Waals surface area contributed by atoms with Gasteiger partial charge in [-0.25, -0.2) is 26.7 Å². The standard InChI is InChI=1S/C26H26ClFN2O7S2/c1-36-26(33)25-23(37-14-21(31)32)22(27)24(38-25)17-3-2-4-20(13-17)29-19-9-11-30(12-10-19)39(34,35)15-16-5-7-18(28)8-6-16/h2-8,13,19,29H,9-12,14-15H2,1H3,(H,31,32). The molecule has 0 unspecified atom stereocenters. The van der Waals surface area contributed by atoms with Gasteiger partial charge in [-0.1, -0.05) is 35.9 Å². The number of carbonyl (C=O) groups excluding carboxylic acids is 1. The van der Waals surface area contributed by atoms with Gasteiger partial charge in [0.05, 0.1) is 17.7 Å². The Morgan fingerprint density at radius 1 is 1.18 bits per heavy atom. The average molecular weight is 597 g/mol. The van der Waals surface area contributed by atoms with Crippen molar-refractivity contribution in [2.45, 2.75) is 24.6 Å². The molecule has 2 heterocycles. The lowest BCUT2D eigenvalue weighted by atomic mass is 10.1. The molecular weight excluding hydrogens is 571 g/mol. The van der Waals surface area contributed by atoms with Gasteiger partial charge in [-0.3, -0.25) is 0 Å². The number of thiophene rings is 1. The van der Waals surface area contributed by atoms with Crippen molar-refractivity contribution < 1.29 is 37.0 Å². The molecule has 3 aromatic rings. The molecule has 9 nitrogen and oxygen atoms in total. The van der Waals surface area contributed by atoms with Crippen LogP contribution in [-0.2, 0) is 25.3 Å². The monoisotopic (exact) mass is 596 g/mol. The van der Waals surface area contributed by atoms with E-state index >= 15 is 0 Å². The second-order valence-electron chi connectivity index (χ2n) is 8.86. The first kappa shape index (κ1) is 28.8. The van der Waals surface area contributed by atoms with E-state index in [1.54, 1.807) is 6.07 Å². The number of aliphatic carboxylic acids is 1. The summed E-state index contributed by atoms with van der Waals surface area (Å²) in [4.78, 5) is 23.8. The van der Waals surface area contributed by atoms with Gasteiger partial charge in [0.2, 0.25) is 10.0 Å². The average Bonchev–Trinajstić information content (AvgIpc) is 3.24. The third kappa shape index (κ3) is 7.07. The molecule has 1 aliphatic rings. The zero-order valence-electron chi connectivity index (χ0n) is 20.9.